The predicted molar refractivity (Wildman–Crippen MR) is 52.7 cm³/mol. The number of carboxylic acids is 1. The van der Waals surface area contributed by atoms with Gasteiger partial charge in [0.1, 0.15) is 24.1 Å². The number of rotatable bonds is 5. The highest BCUT2D eigenvalue weighted by molar-refractivity contribution is 5.72. The Hall–Kier alpha value is -1.15. The monoisotopic (exact) mass is 236 g/mol. The van der Waals surface area contributed by atoms with Crippen molar-refractivity contribution in [3.8, 4) is 0 Å². The van der Waals surface area contributed by atoms with Gasteiger partial charge in [0.05, 0.1) is 0 Å². The van der Waals surface area contributed by atoms with Crippen molar-refractivity contribution >= 4 is 5.97 Å². The van der Waals surface area contributed by atoms with Crippen LogP contribution in [0, 0.1) is 0 Å². The molecule has 0 amide bonds. The van der Waals surface area contributed by atoms with E-state index < -0.39 is 36.1 Å². The lowest BCUT2D eigenvalue weighted by atomic mass is 10.0. The molecule has 0 aliphatic heterocycles. The average Bonchev–Trinajstić information content (AvgIpc) is 2.23. The van der Waals surface area contributed by atoms with Gasteiger partial charge in [0.25, 0.3) is 0 Å². The number of hydrogen-bond acceptors (Lipinski definition) is 6. The van der Waals surface area contributed by atoms with E-state index in [1.807, 2.05) is 0 Å². The molecule has 6 N–H and O–H groups in total. The third-order valence-electron chi connectivity index (χ3n) is 2.04. The van der Waals surface area contributed by atoms with E-state index in [-0.39, 0.29) is 0 Å². The molecule has 4 unspecified atom stereocenters. The smallest absolute Gasteiger partial charge is 0.335 e. The molecule has 0 aromatic carbocycles. The van der Waals surface area contributed by atoms with Crippen molar-refractivity contribution in [2.75, 3.05) is 0 Å². The number of aliphatic hydroxyl groups is 5. The van der Waals surface area contributed by atoms with Gasteiger partial charge in [-0.15, -0.1) is 0 Å². The van der Waals surface area contributed by atoms with Gasteiger partial charge < -0.3 is 30.6 Å². The first kappa shape index (κ1) is 14.8. The first-order chi connectivity index (χ1) is 7.20. The first-order valence-corrected chi connectivity index (χ1v) is 4.51. The number of carboxylic acid groups (broad SMARTS) is 1. The quantitative estimate of drug-likeness (QED) is 0.315. The molecule has 0 aliphatic carbocycles. The van der Waals surface area contributed by atoms with Crippen LogP contribution in [0.15, 0.2) is 11.3 Å². The zero-order valence-corrected chi connectivity index (χ0v) is 8.90. The molecular weight excluding hydrogens is 220 g/mol. The van der Waals surface area contributed by atoms with Gasteiger partial charge in [-0.05, 0) is 19.4 Å². The molecular formula is C9H16O7. The molecule has 0 bridgehead atoms. The molecule has 7 nitrogen and oxygen atoms in total. The van der Waals surface area contributed by atoms with E-state index in [2.05, 4.69) is 0 Å². The molecule has 4 atom stereocenters. The van der Waals surface area contributed by atoms with Crippen molar-refractivity contribution in [3.05, 3.63) is 11.3 Å². The second-order valence-corrected chi connectivity index (χ2v) is 3.59. The minimum absolute atomic E-state index is 0.295. The summed E-state index contributed by atoms with van der Waals surface area (Å²) in [5.74, 6) is -2.32. The first-order valence-electron chi connectivity index (χ1n) is 4.51. The Morgan fingerprint density at radius 3 is 1.56 bits per heavy atom. The molecule has 0 spiro atoms. The van der Waals surface area contributed by atoms with E-state index in [1.165, 1.54) is 13.8 Å². The van der Waals surface area contributed by atoms with E-state index in [0.29, 0.717) is 5.57 Å². The Balaban J connectivity index is 4.74. The van der Waals surface area contributed by atoms with Crippen LogP contribution >= 0.6 is 0 Å². The Morgan fingerprint density at radius 1 is 0.875 bits per heavy atom. The van der Waals surface area contributed by atoms with Gasteiger partial charge in [0, 0.05) is 0 Å². The maximum absolute atomic E-state index is 10.3. The van der Waals surface area contributed by atoms with Crippen LogP contribution < -0.4 is 0 Å². The number of aliphatic carboxylic acids is 1. The third-order valence-corrected chi connectivity index (χ3v) is 2.04. The third kappa shape index (κ3) is 3.46. The number of aliphatic hydroxyl groups excluding tert-OH is 5. The predicted octanol–water partition coefficient (Wildman–Crippen LogP) is -1.63. The van der Waals surface area contributed by atoms with E-state index in [9.17, 15) is 25.2 Å². The van der Waals surface area contributed by atoms with E-state index in [1.54, 1.807) is 0 Å². The van der Waals surface area contributed by atoms with Gasteiger partial charge in [-0.25, -0.2) is 4.79 Å². The van der Waals surface area contributed by atoms with Crippen LogP contribution in [0.1, 0.15) is 13.8 Å². The number of hydrogen-bond donors (Lipinski definition) is 6. The van der Waals surface area contributed by atoms with Crippen molar-refractivity contribution < 1.29 is 35.4 Å². The van der Waals surface area contributed by atoms with Crippen molar-refractivity contribution in [3.63, 3.8) is 0 Å². The van der Waals surface area contributed by atoms with Crippen LogP contribution in [-0.4, -0.2) is 61.0 Å². The van der Waals surface area contributed by atoms with Crippen molar-refractivity contribution in [1.29, 1.82) is 0 Å². The molecule has 0 heterocycles. The lowest BCUT2D eigenvalue weighted by molar-refractivity contribution is -0.162. The summed E-state index contributed by atoms with van der Waals surface area (Å²) in [6.07, 6.45) is -8.20. The second-order valence-electron chi connectivity index (χ2n) is 3.59. The van der Waals surface area contributed by atoms with Gasteiger partial charge in [0.15, 0.2) is 6.10 Å². The van der Waals surface area contributed by atoms with Crippen LogP contribution in [0.4, 0.5) is 0 Å². The largest absolute Gasteiger partial charge is 0.510 e. The topological polar surface area (TPSA) is 138 Å². The Bertz CT molecular complexity index is 282. The molecule has 7 heteroatoms. The molecule has 16 heavy (non-hydrogen) atoms. The molecule has 0 aromatic heterocycles. The normalized spacial score (nSPS) is 18.4. The molecule has 0 rings (SSSR count). The van der Waals surface area contributed by atoms with Crippen LogP contribution in [0.5, 0.6) is 0 Å². The van der Waals surface area contributed by atoms with E-state index >= 15 is 0 Å². The zero-order valence-electron chi connectivity index (χ0n) is 8.90. The molecule has 0 radical (unpaired) electrons. The molecule has 0 fully saturated rings. The lowest BCUT2D eigenvalue weighted by Gasteiger charge is -2.24. The van der Waals surface area contributed by atoms with Gasteiger partial charge in [0.2, 0.25) is 0 Å². The fourth-order valence-corrected chi connectivity index (χ4v) is 0.977. The fourth-order valence-electron chi connectivity index (χ4n) is 0.977. The summed E-state index contributed by atoms with van der Waals surface area (Å²) in [6.45, 7) is 2.90. The average molecular weight is 236 g/mol. The zero-order chi connectivity index (χ0) is 13.0. The summed E-state index contributed by atoms with van der Waals surface area (Å²) in [6, 6.07) is 0. The van der Waals surface area contributed by atoms with E-state index in [4.69, 9.17) is 10.2 Å². The molecule has 0 aliphatic rings. The molecule has 0 saturated heterocycles. The van der Waals surface area contributed by atoms with Crippen LogP contribution in [-0.2, 0) is 4.79 Å². The fraction of sp³-hybridized carbons (Fsp3) is 0.667. The SMILES string of the molecule is CC(C)=C(O)C(O)C(O)C(O)C(O)C(=O)O. The summed E-state index contributed by atoms with van der Waals surface area (Å²) in [5, 5.41) is 54.4. The van der Waals surface area contributed by atoms with Crippen LogP contribution in [0.2, 0.25) is 0 Å². The number of allylic oxidation sites excluding steroid dienone is 1. The van der Waals surface area contributed by atoms with Crippen LogP contribution in [0.25, 0.3) is 0 Å². The Kier molecular flexibility index (Phi) is 5.39. The maximum atomic E-state index is 10.3. The Morgan fingerprint density at radius 2 is 1.25 bits per heavy atom. The van der Waals surface area contributed by atoms with Crippen molar-refractivity contribution in [2.45, 2.75) is 38.3 Å². The van der Waals surface area contributed by atoms with Crippen molar-refractivity contribution in [2.24, 2.45) is 0 Å². The molecule has 0 saturated carbocycles. The van der Waals surface area contributed by atoms with Crippen LogP contribution in [0.3, 0.4) is 0 Å². The van der Waals surface area contributed by atoms with Crippen molar-refractivity contribution in [1.82, 2.24) is 0 Å². The summed E-state index contributed by atoms with van der Waals surface area (Å²) in [7, 11) is 0. The highest BCUT2D eigenvalue weighted by Crippen LogP contribution is 2.13. The lowest BCUT2D eigenvalue weighted by Crippen LogP contribution is -2.48. The highest BCUT2D eigenvalue weighted by Gasteiger charge is 2.36. The molecule has 94 valence electrons. The maximum Gasteiger partial charge on any atom is 0.335 e. The van der Waals surface area contributed by atoms with E-state index in [0.717, 1.165) is 0 Å². The molecule has 0 aromatic rings. The Labute approximate surface area is 91.9 Å². The minimum Gasteiger partial charge on any atom is -0.510 e. The summed E-state index contributed by atoms with van der Waals surface area (Å²) >= 11 is 0. The second kappa shape index (κ2) is 5.80. The highest BCUT2D eigenvalue weighted by atomic mass is 16.4. The van der Waals surface area contributed by atoms with Gasteiger partial charge in [-0.3, -0.25) is 0 Å². The number of carbonyl (C=O) groups is 1. The van der Waals surface area contributed by atoms with Gasteiger partial charge >= 0.3 is 5.97 Å². The summed E-state index contributed by atoms with van der Waals surface area (Å²) < 4.78 is 0. The summed E-state index contributed by atoms with van der Waals surface area (Å²) in [5.41, 5.74) is 0.295. The minimum atomic E-state index is -2.24. The summed E-state index contributed by atoms with van der Waals surface area (Å²) in [4.78, 5) is 10.3. The standard InChI is InChI=1S/C9H16O7/c1-3(2)4(10)5(11)6(12)7(13)8(14)9(15)16/h5-8,10-14H,1-2H3,(H,15,16). The van der Waals surface area contributed by atoms with Gasteiger partial charge in [-0.1, -0.05) is 0 Å². The van der Waals surface area contributed by atoms with Gasteiger partial charge in [-0.2, -0.15) is 0 Å².